The van der Waals surface area contributed by atoms with E-state index in [1.807, 2.05) is 0 Å². The maximum Gasteiger partial charge on any atom is 0.164 e. The molecule has 0 radical (unpaired) electrons. The molecule has 0 aliphatic carbocycles. The van der Waals surface area contributed by atoms with Gasteiger partial charge in [-0.05, 0) is 12.8 Å². The van der Waals surface area contributed by atoms with Crippen LogP contribution in [0.1, 0.15) is 206 Å². The van der Waals surface area contributed by atoms with E-state index in [-0.39, 0.29) is 12.4 Å². The number of carbonyl (C=O) groups excluding carboxylic acids is 1. The molecular formula is C37H74O4. The van der Waals surface area contributed by atoms with Gasteiger partial charge >= 0.3 is 0 Å². The lowest BCUT2D eigenvalue weighted by molar-refractivity contribution is -0.139. The fourth-order valence-electron chi connectivity index (χ4n) is 5.80. The van der Waals surface area contributed by atoms with Gasteiger partial charge in [-0.2, -0.15) is 0 Å². The van der Waals surface area contributed by atoms with Gasteiger partial charge in [0.25, 0.3) is 0 Å². The minimum Gasteiger partial charge on any atom is -0.394 e. The second-order valence-corrected chi connectivity index (χ2v) is 12.8. The lowest BCUT2D eigenvalue weighted by Gasteiger charge is -2.20. The van der Waals surface area contributed by atoms with Gasteiger partial charge < -0.3 is 14.9 Å². The number of carbonyl (C=O) groups is 1. The predicted octanol–water partition coefficient (Wildman–Crippen LogP) is 11.0. The highest BCUT2D eigenvalue weighted by atomic mass is 16.5. The maximum atomic E-state index is 12.4. The predicted molar refractivity (Wildman–Crippen MR) is 178 cm³/mol. The third kappa shape index (κ3) is 29.4. The van der Waals surface area contributed by atoms with Crippen LogP contribution in [0, 0.1) is 0 Å². The van der Waals surface area contributed by atoms with E-state index in [1.165, 1.54) is 161 Å². The molecule has 2 atom stereocenters. The Bertz CT molecular complexity index is 509. The topological polar surface area (TPSA) is 66.8 Å². The Morgan fingerprint density at radius 3 is 1.10 bits per heavy atom. The van der Waals surface area contributed by atoms with Crippen molar-refractivity contribution in [3.63, 3.8) is 0 Å². The third-order valence-electron chi connectivity index (χ3n) is 8.72. The molecule has 0 aromatic carbocycles. The Morgan fingerprint density at radius 1 is 0.488 bits per heavy atom. The zero-order valence-corrected chi connectivity index (χ0v) is 28.0. The van der Waals surface area contributed by atoms with Crippen LogP contribution in [0.5, 0.6) is 0 Å². The number of hydrogen-bond acceptors (Lipinski definition) is 4. The molecule has 2 N–H and O–H groups in total. The van der Waals surface area contributed by atoms with Crippen molar-refractivity contribution >= 4 is 5.78 Å². The molecule has 0 rings (SSSR count). The van der Waals surface area contributed by atoms with Gasteiger partial charge in [0.2, 0.25) is 0 Å². The SMILES string of the molecule is CCCCCCCCCCCCCCCCCCOC(CO)C(O)C(=O)CCCCCCCCCCCCCCC. The van der Waals surface area contributed by atoms with Gasteiger partial charge in [0.15, 0.2) is 5.78 Å². The first-order chi connectivity index (χ1) is 20.2. The molecule has 0 aliphatic heterocycles. The average Bonchev–Trinajstić information content (AvgIpc) is 2.98. The van der Waals surface area contributed by atoms with E-state index >= 15 is 0 Å². The molecule has 0 fully saturated rings. The molecule has 2 unspecified atom stereocenters. The first-order valence-corrected chi connectivity index (χ1v) is 18.6. The smallest absolute Gasteiger partial charge is 0.164 e. The zero-order valence-electron chi connectivity index (χ0n) is 28.0. The van der Waals surface area contributed by atoms with E-state index in [2.05, 4.69) is 13.8 Å². The summed E-state index contributed by atoms with van der Waals surface area (Å²) in [6.45, 7) is 4.75. The van der Waals surface area contributed by atoms with Crippen LogP contribution in [0.25, 0.3) is 0 Å². The van der Waals surface area contributed by atoms with Crippen LogP contribution in [0.15, 0.2) is 0 Å². The summed E-state index contributed by atoms with van der Waals surface area (Å²) >= 11 is 0. The minimum absolute atomic E-state index is 0.181. The van der Waals surface area contributed by atoms with Gasteiger partial charge in [-0.1, -0.05) is 187 Å². The lowest BCUT2D eigenvalue weighted by atomic mass is 10.0. The number of ether oxygens (including phenoxy) is 1. The summed E-state index contributed by atoms with van der Waals surface area (Å²) in [6.07, 6.45) is 36.2. The second kappa shape index (κ2) is 34.0. The molecule has 41 heavy (non-hydrogen) atoms. The Balaban J connectivity index is 3.51. The maximum absolute atomic E-state index is 12.4. The van der Waals surface area contributed by atoms with Crippen molar-refractivity contribution in [1.82, 2.24) is 0 Å². The highest BCUT2D eigenvalue weighted by Crippen LogP contribution is 2.16. The number of hydrogen-bond donors (Lipinski definition) is 2. The molecule has 0 aromatic heterocycles. The first kappa shape index (κ1) is 40.5. The number of Topliss-reactive ketones (excluding diaryl/α,β-unsaturated/α-hetero) is 1. The molecule has 0 amide bonds. The Labute approximate surface area is 257 Å². The molecule has 246 valence electrons. The molecular weight excluding hydrogens is 508 g/mol. The zero-order chi connectivity index (χ0) is 30.1. The highest BCUT2D eigenvalue weighted by Gasteiger charge is 2.25. The number of aliphatic hydroxyl groups excluding tert-OH is 2. The minimum atomic E-state index is -1.20. The second-order valence-electron chi connectivity index (χ2n) is 12.8. The molecule has 0 spiro atoms. The number of rotatable bonds is 35. The van der Waals surface area contributed by atoms with Gasteiger partial charge in [-0.25, -0.2) is 0 Å². The summed E-state index contributed by atoms with van der Waals surface area (Å²) < 4.78 is 5.69. The van der Waals surface area contributed by atoms with Crippen LogP contribution < -0.4 is 0 Å². The molecule has 0 bridgehead atoms. The van der Waals surface area contributed by atoms with Crippen LogP contribution in [0.3, 0.4) is 0 Å². The molecule has 4 nitrogen and oxygen atoms in total. The first-order valence-electron chi connectivity index (χ1n) is 18.6. The van der Waals surface area contributed by atoms with Crippen molar-refractivity contribution in [1.29, 1.82) is 0 Å². The van der Waals surface area contributed by atoms with E-state index in [0.29, 0.717) is 13.0 Å². The van der Waals surface area contributed by atoms with Crippen molar-refractivity contribution in [2.24, 2.45) is 0 Å². The normalized spacial score (nSPS) is 13.1. The highest BCUT2D eigenvalue weighted by molar-refractivity contribution is 5.83. The van der Waals surface area contributed by atoms with Gasteiger partial charge in [-0.15, -0.1) is 0 Å². The summed E-state index contributed by atoms with van der Waals surface area (Å²) in [7, 11) is 0. The number of ketones is 1. The number of aliphatic hydroxyl groups is 2. The van der Waals surface area contributed by atoms with Crippen molar-refractivity contribution in [3.8, 4) is 0 Å². The van der Waals surface area contributed by atoms with E-state index in [9.17, 15) is 15.0 Å². The molecule has 0 saturated carbocycles. The summed E-state index contributed by atoms with van der Waals surface area (Å²) in [4.78, 5) is 12.4. The third-order valence-corrected chi connectivity index (χ3v) is 8.72. The quantitative estimate of drug-likeness (QED) is 0.0729. The van der Waals surface area contributed by atoms with Gasteiger partial charge in [0, 0.05) is 13.0 Å². The molecule has 0 saturated heterocycles. The van der Waals surface area contributed by atoms with Crippen LogP contribution in [-0.2, 0) is 9.53 Å². The van der Waals surface area contributed by atoms with Crippen molar-refractivity contribution in [3.05, 3.63) is 0 Å². The van der Waals surface area contributed by atoms with Crippen molar-refractivity contribution < 1.29 is 19.7 Å². The fourth-order valence-corrected chi connectivity index (χ4v) is 5.80. The van der Waals surface area contributed by atoms with E-state index in [4.69, 9.17) is 4.74 Å². The summed E-state index contributed by atoms with van der Waals surface area (Å²) in [5.41, 5.74) is 0. The summed E-state index contributed by atoms with van der Waals surface area (Å²) in [5, 5.41) is 20.0. The molecule has 0 heterocycles. The Morgan fingerprint density at radius 2 is 0.780 bits per heavy atom. The van der Waals surface area contributed by atoms with Crippen molar-refractivity contribution in [2.75, 3.05) is 13.2 Å². The van der Waals surface area contributed by atoms with Crippen LogP contribution >= 0.6 is 0 Å². The Hall–Kier alpha value is -0.450. The molecule has 4 heteroatoms. The van der Waals surface area contributed by atoms with Crippen molar-refractivity contribution in [2.45, 2.75) is 219 Å². The summed E-state index contributed by atoms with van der Waals surface area (Å²) in [5.74, 6) is -0.181. The average molecular weight is 583 g/mol. The summed E-state index contributed by atoms with van der Waals surface area (Å²) in [6, 6.07) is 0. The van der Waals surface area contributed by atoms with E-state index in [0.717, 1.165) is 25.7 Å². The molecule has 0 aliphatic rings. The molecule has 0 aromatic rings. The number of unbranched alkanes of at least 4 members (excludes halogenated alkanes) is 27. The van der Waals surface area contributed by atoms with Crippen LogP contribution in [0.4, 0.5) is 0 Å². The van der Waals surface area contributed by atoms with Crippen LogP contribution in [0.2, 0.25) is 0 Å². The lowest BCUT2D eigenvalue weighted by Crippen LogP contribution is -2.38. The van der Waals surface area contributed by atoms with Gasteiger partial charge in [-0.3, -0.25) is 4.79 Å². The Kier molecular flexibility index (Phi) is 33.7. The van der Waals surface area contributed by atoms with E-state index in [1.54, 1.807) is 0 Å². The largest absolute Gasteiger partial charge is 0.394 e. The van der Waals surface area contributed by atoms with Crippen LogP contribution in [-0.4, -0.2) is 41.4 Å². The monoisotopic (exact) mass is 583 g/mol. The van der Waals surface area contributed by atoms with Gasteiger partial charge in [0.1, 0.15) is 12.2 Å². The van der Waals surface area contributed by atoms with E-state index < -0.39 is 12.2 Å². The fraction of sp³-hybridized carbons (Fsp3) is 0.973. The van der Waals surface area contributed by atoms with Gasteiger partial charge in [0.05, 0.1) is 6.61 Å². The standard InChI is InChI=1S/C37H74O4/c1-3-5-7-9-11-13-15-17-18-19-21-23-25-27-29-31-33-41-36(34-38)37(40)35(39)32-30-28-26-24-22-20-16-14-12-10-8-6-4-2/h36-38,40H,3-34H2,1-2H3.